The van der Waals surface area contributed by atoms with Crippen molar-refractivity contribution in [3.63, 3.8) is 0 Å². The summed E-state index contributed by atoms with van der Waals surface area (Å²) in [6.45, 7) is 4.07. The minimum absolute atomic E-state index is 0.278. The number of carbonyl (C=O) groups is 2. The molecule has 4 rings (SSSR count). The van der Waals surface area contributed by atoms with Crippen molar-refractivity contribution in [1.29, 1.82) is 0 Å². The number of halogens is 1. The molecule has 0 aliphatic heterocycles. The van der Waals surface area contributed by atoms with E-state index < -0.39 is 11.9 Å². The predicted molar refractivity (Wildman–Crippen MR) is 136 cm³/mol. The lowest BCUT2D eigenvalue weighted by Gasteiger charge is -2.11. The highest BCUT2D eigenvalue weighted by molar-refractivity contribution is 9.10. The smallest absolute Gasteiger partial charge is 0.338 e. The molecule has 1 aromatic carbocycles. The van der Waals surface area contributed by atoms with Crippen LogP contribution in [0.15, 0.2) is 77.5 Å². The van der Waals surface area contributed by atoms with Crippen LogP contribution in [0.5, 0.6) is 0 Å². The number of nitrogens with zero attached hydrogens (tertiary/aromatic N) is 3. The summed E-state index contributed by atoms with van der Waals surface area (Å²) in [4.78, 5) is 38.2. The zero-order valence-corrected chi connectivity index (χ0v) is 20.8. The number of rotatable bonds is 7. The lowest BCUT2D eigenvalue weighted by Crippen LogP contribution is -2.06. The highest BCUT2D eigenvalue weighted by Gasteiger charge is 2.15. The second kappa shape index (κ2) is 11.0. The molecule has 0 saturated heterocycles. The van der Waals surface area contributed by atoms with Crippen molar-refractivity contribution in [1.82, 2.24) is 15.0 Å². The summed E-state index contributed by atoms with van der Waals surface area (Å²) in [5, 5.41) is 0. The molecule has 0 unspecified atom stereocenters. The van der Waals surface area contributed by atoms with E-state index in [1.807, 2.05) is 36.4 Å². The predicted octanol–water partition coefficient (Wildman–Crippen LogP) is 5.99. The van der Waals surface area contributed by atoms with Gasteiger partial charge in [-0.25, -0.2) is 14.6 Å². The van der Waals surface area contributed by atoms with E-state index in [4.69, 9.17) is 14.5 Å². The molecule has 0 bridgehead atoms. The van der Waals surface area contributed by atoms with Crippen LogP contribution in [0.3, 0.4) is 0 Å². The van der Waals surface area contributed by atoms with Crippen molar-refractivity contribution in [2.45, 2.75) is 13.8 Å². The molecular weight excluding hydrogens is 510 g/mol. The molecule has 3 heterocycles. The fourth-order valence-corrected chi connectivity index (χ4v) is 3.69. The monoisotopic (exact) mass is 531 g/mol. The van der Waals surface area contributed by atoms with Crippen LogP contribution < -0.4 is 0 Å². The Kier molecular flexibility index (Phi) is 7.62. The number of carbonyl (C=O) groups excluding carboxylic acids is 2. The standard InChI is InChI=1S/C27H22BrN3O4/c1-3-34-26(32)18-9-11-29-22(13-18)24-15-20(17-5-7-21(28)8-6-17)16-25(31-24)23-14-19(10-12-30-23)27(33)35-4-2/h5-16H,3-4H2,1-2H3. The number of hydrogen-bond acceptors (Lipinski definition) is 7. The Morgan fingerprint density at radius 2 is 1.17 bits per heavy atom. The van der Waals surface area contributed by atoms with E-state index in [9.17, 15) is 9.59 Å². The molecule has 0 N–H and O–H groups in total. The fourth-order valence-electron chi connectivity index (χ4n) is 3.43. The molecule has 0 amide bonds. The van der Waals surface area contributed by atoms with E-state index in [1.165, 1.54) is 0 Å². The summed E-state index contributed by atoms with van der Waals surface area (Å²) in [7, 11) is 0. The summed E-state index contributed by atoms with van der Waals surface area (Å²) in [5.74, 6) is -0.853. The summed E-state index contributed by atoms with van der Waals surface area (Å²) in [5.41, 5.74) is 4.73. The average Bonchev–Trinajstić information content (AvgIpc) is 2.89. The van der Waals surface area contributed by atoms with Crippen LogP contribution in [0.2, 0.25) is 0 Å². The summed E-state index contributed by atoms with van der Waals surface area (Å²) >= 11 is 3.47. The zero-order valence-electron chi connectivity index (χ0n) is 19.2. The SMILES string of the molecule is CCOC(=O)c1ccnc(-c2cc(-c3ccc(Br)cc3)cc(-c3cc(C(=O)OCC)ccn3)n2)c1. The molecular formula is C27H22BrN3O4. The highest BCUT2D eigenvalue weighted by atomic mass is 79.9. The number of aromatic nitrogens is 3. The molecule has 0 aliphatic carbocycles. The first-order chi connectivity index (χ1) is 17.0. The van der Waals surface area contributed by atoms with E-state index in [0.29, 0.717) is 33.9 Å². The van der Waals surface area contributed by atoms with Gasteiger partial charge in [-0.05, 0) is 73.5 Å². The molecule has 8 heteroatoms. The average molecular weight is 532 g/mol. The van der Waals surface area contributed by atoms with Gasteiger partial charge in [-0.3, -0.25) is 9.97 Å². The number of hydrogen-bond donors (Lipinski definition) is 0. The van der Waals surface area contributed by atoms with Gasteiger partial charge >= 0.3 is 11.9 Å². The first-order valence-electron chi connectivity index (χ1n) is 11.0. The topological polar surface area (TPSA) is 91.3 Å². The number of pyridine rings is 3. The normalized spacial score (nSPS) is 10.6. The molecule has 0 radical (unpaired) electrons. The van der Waals surface area contributed by atoms with Gasteiger partial charge in [-0.1, -0.05) is 28.1 Å². The van der Waals surface area contributed by atoms with Crippen LogP contribution in [0.4, 0.5) is 0 Å². The third-order valence-corrected chi connectivity index (χ3v) is 5.60. The van der Waals surface area contributed by atoms with Gasteiger partial charge in [0.15, 0.2) is 0 Å². The van der Waals surface area contributed by atoms with Crippen molar-refractivity contribution in [2.24, 2.45) is 0 Å². The Labute approximate surface area is 211 Å². The second-order valence-electron chi connectivity index (χ2n) is 7.43. The van der Waals surface area contributed by atoms with Gasteiger partial charge in [0.1, 0.15) is 0 Å². The number of ether oxygens (including phenoxy) is 2. The van der Waals surface area contributed by atoms with Gasteiger partial charge in [0.25, 0.3) is 0 Å². The summed E-state index contributed by atoms with van der Waals surface area (Å²) < 4.78 is 11.2. The lowest BCUT2D eigenvalue weighted by atomic mass is 10.0. The number of esters is 2. The molecule has 0 atom stereocenters. The Bertz CT molecular complexity index is 1290. The number of benzene rings is 1. The maximum atomic E-state index is 12.3. The first-order valence-corrected chi connectivity index (χ1v) is 11.8. The van der Waals surface area contributed by atoms with Gasteiger partial charge in [-0.15, -0.1) is 0 Å². The van der Waals surface area contributed by atoms with Crippen LogP contribution in [0, 0.1) is 0 Å². The van der Waals surface area contributed by atoms with E-state index in [0.717, 1.165) is 15.6 Å². The van der Waals surface area contributed by atoms with E-state index in [2.05, 4.69) is 25.9 Å². The zero-order chi connectivity index (χ0) is 24.8. The van der Waals surface area contributed by atoms with Gasteiger partial charge in [-0.2, -0.15) is 0 Å². The van der Waals surface area contributed by atoms with Gasteiger partial charge < -0.3 is 9.47 Å². The van der Waals surface area contributed by atoms with Crippen molar-refractivity contribution in [2.75, 3.05) is 13.2 Å². The minimum atomic E-state index is -0.427. The van der Waals surface area contributed by atoms with E-state index in [-0.39, 0.29) is 13.2 Å². The molecule has 35 heavy (non-hydrogen) atoms. The summed E-state index contributed by atoms with van der Waals surface area (Å²) in [6, 6.07) is 18.2. The Hall–Kier alpha value is -3.91. The minimum Gasteiger partial charge on any atom is -0.462 e. The largest absolute Gasteiger partial charge is 0.462 e. The molecule has 176 valence electrons. The fraction of sp³-hybridized carbons (Fsp3) is 0.148. The molecule has 0 aliphatic rings. The maximum Gasteiger partial charge on any atom is 0.338 e. The van der Waals surface area contributed by atoms with Crippen molar-refractivity contribution in [3.8, 4) is 33.9 Å². The van der Waals surface area contributed by atoms with Crippen LogP contribution in [-0.2, 0) is 9.47 Å². The Morgan fingerprint density at radius 1 is 0.686 bits per heavy atom. The highest BCUT2D eigenvalue weighted by Crippen LogP contribution is 2.30. The molecule has 4 aromatic rings. The van der Waals surface area contributed by atoms with Crippen molar-refractivity contribution >= 4 is 27.9 Å². The Balaban J connectivity index is 1.85. The first kappa shape index (κ1) is 24.2. The lowest BCUT2D eigenvalue weighted by molar-refractivity contribution is 0.0516. The van der Waals surface area contributed by atoms with E-state index >= 15 is 0 Å². The van der Waals surface area contributed by atoms with Gasteiger partial charge in [0, 0.05) is 16.9 Å². The van der Waals surface area contributed by atoms with Crippen LogP contribution >= 0.6 is 15.9 Å². The van der Waals surface area contributed by atoms with Crippen LogP contribution in [-0.4, -0.2) is 40.1 Å². The third kappa shape index (κ3) is 5.78. The maximum absolute atomic E-state index is 12.3. The summed E-state index contributed by atoms with van der Waals surface area (Å²) in [6.07, 6.45) is 3.10. The van der Waals surface area contributed by atoms with Crippen LogP contribution in [0.1, 0.15) is 34.6 Å². The Morgan fingerprint density at radius 3 is 1.63 bits per heavy atom. The van der Waals surface area contributed by atoms with E-state index in [1.54, 1.807) is 50.5 Å². The molecule has 0 saturated carbocycles. The second-order valence-corrected chi connectivity index (χ2v) is 8.35. The van der Waals surface area contributed by atoms with Gasteiger partial charge in [0.2, 0.25) is 0 Å². The molecule has 0 fully saturated rings. The van der Waals surface area contributed by atoms with Crippen LogP contribution in [0.25, 0.3) is 33.9 Å². The third-order valence-electron chi connectivity index (χ3n) is 5.07. The molecule has 3 aromatic heterocycles. The van der Waals surface area contributed by atoms with Gasteiger partial charge in [0.05, 0.1) is 47.1 Å². The molecule has 0 spiro atoms. The van der Waals surface area contributed by atoms with Crippen molar-refractivity contribution in [3.05, 3.63) is 88.7 Å². The molecule has 7 nitrogen and oxygen atoms in total. The quantitative estimate of drug-likeness (QED) is 0.270. The van der Waals surface area contributed by atoms with Crippen molar-refractivity contribution < 1.29 is 19.1 Å².